The Labute approximate surface area is 408 Å². The molecule has 1 aliphatic carbocycles. The van der Waals surface area contributed by atoms with Gasteiger partial charge in [-0.3, -0.25) is 0 Å². The van der Waals surface area contributed by atoms with Crippen LogP contribution >= 0.6 is 22.7 Å². The summed E-state index contributed by atoms with van der Waals surface area (Å²) in [6, 6.07) is 52.1. The van der Waals surface area contributed by atoms with E-state index in [-0.39, 0.29) is 21.7 Å². The Morgan fingerprint density at radius 2 is 1.12 bits per heavy atom. The minimum atomic E-state index is -0.263. The molecule has 2 nitrogen and oxygen atoms in total. The first kappa shape index (κ1) is 42.0. The molecule has 11 aromatic rings. The van der Waals surface area contributed by atoms with Crippen molar-refractivity contribution in [2.24, 2.45) is 0 Å². The highest BCUT2D eigenvalue weighted by Gasteiger charge is 2.43. The molecule has 3 aromatic heterocycles. The average molecular weight is 917 g/mol. The number of benzene rings is 8. The van der Waals surface area contributed by atoms with E-state index >= 15 is 0 Å². The number of nitrogens with zero attached hydrogens (tertiary/aromatic N) is 1. The Morgan fingerprint density at radius 1 is 0.515 bits per heavy atom. The molecule has 0 atom stereocenters. The van der Waals surface area contributed by atoms with Gasteiger partial charge < -0.3 is 9.88 Å². The molecule has 4 heterocycles. The number of fused-ring (bicyclic) bond motifs is 15. The topological polar surface area (TPSA) is 17.0 Å². The van der Waals surface area contributed by atoms with Crippen LogP contribution in [0, 0.1) is 0 Å². The van der Waals surface area contributed by atoms with Gasteiger partial charge in [-0.25, -0.2) is 0 Å². The first-order valence-electron chi connectivity index (χ1n) is 24.5. The van der Waals surface area contributed by atoms with Crippen molar-refractivity contribution in [2.75, 3.05) is 5.32 Å². The van der Waals surface area contributed by atoms with E-state index in [1.165, 1.54) is 129 Å². The Bertz CT molecular complexity index is 3980. The van der Waals surface area contributed by atoms with Crippen LogP contribution in [0.4, 0.5) is 11.4 Å². The fraction of sp³-hybridized carbons (Fsp3) is 0.238. The van der Waals surface area contributed by atoms with Gasteiger partial charge in [-0.05, 0) is 133 Å². The van der Waals surface area contributed by atoms with E-state index < -0.39 is 0 Å². The van der Waals surface area contributed by atoms with E-state index in [1.807, 2.05) is 22.7 Å². The Balaban J connectivity index is 1.21. The summed E-state index contributed by atoms with van der Waals surface area (Å²) in [4.78, 5) is 0. The first-order chi connectivity index (χ1) is 32.3. The standard InChI is InChI=1S/C63H57BN2S2/c1-60(2,3)34-20-24-37(25-21-34)65-47-33-53-41(40-28-36(62(7,8)9)23-27-51(40)68-53)30-43(47)55-54-39-17-12-14-18-45(39)63(10,11)57(54)56-44-29-35(61(4,5)6)22-26-48(44)66-49-31-42-38-16-13-15-19-50(38)67-52(42)32-46(49)64-58(55)59(56)66/h12-33,64-65H,1-11H3. The molecule has 0 unspecified atom stereocenters. The molecule has 0 saturated carbocycles. The lowest BCUT2D eigenvalue weighted by molar-refractivity contribution is 0.590. The number of aromatic nitrogens is 1. The summed E-state index contributed by atoms with van der Waals surface area (Å²) < 4.78 is 8.02. The summed E-state index contributed by atoms with van der Waals surface area (Å²) in [5.41, 5.74) is 21.1. The summed E-state index contributed by atoms with van der Waals surface area (Å²) in [5.74, 6) is 0. The molecule has 0 amide bonds. The highest BCUT2D eigenvalue weighted by molar-refractivity contribution is 7.26. The van der Waals surface area contributed by atoms with Gasteiger partial charge >= 0.3 is 0 Å². The van der Waals surface area contributed by atoms with Crippen molar-refractivity contribution < 1.29 is 0 Å². The highest BCUT2D eigenvalue weighted by Crippen LogP contribution is 2.58. The number of hydrogen-bond acceptors (Lipinski definition) is 3. The molecule has 0 saturated heterocycles. The largest absolute Gasteiger partial charge is 0.355 e. The summed E-state index contributed by atoms with van der Waals surface area (Å²) in [7, 11) is 0.833. The van der Waals surface area contributed by atoms with Crippen LogP contribution in [-0.4, -0.2) is 11.8 Å². The zero-order valence-corrected chi connectivity index (χ0v) is 42.8. The second-order valence-corrected chi connectivity index (χ2v) is 25.6. The zero-order chi connectivity index (χ0) is 47.0. The maximum absolute atomic E-state index is 4.10. The SMILES string of the molecule is CC(C)(C)c1ccc(Nc2cc3sc4ccc(C(C)(C)C)cc4c3cc2-c2c3c(c4c5cc(C(C)(C)C)ccc5n5c4c2Bc2cc4sc6ccccc6c4cc2-5)C(C)(C)c2ccccc2-3)cc1. The first-order valence-corrected chi connectivity index (χ1v) is 26.1. The smallest absolute Gasteiger partial charge is 0.198 e. The lowest BCUT2D eigenvalue weighted by Gasteiger charge is -2.29. The number of hydrogen-bond donors (Lipinski definition) is 1. The van der Waals surface area contributed by atoms with Gasteiger partial charge in [0.25, 0.3) is 0 Å². The van der Waals surface area contributed by atoms with Gasteiger partial charge in [-0.15, -0.1) is 22.7 Å². The van der Waals surface area contributed by atoms with Crippen molar-refractivity contribution >= 4 is 114 Å². The lowest BCUT2D eigenvalue weighted by Crippen LogP contribution is -2.38. The third kappa shape index (κ3) is 6.00. The van der Waals surface area contributed by atoms with E-state index in [2.05, 4.69) is 220 Å². The number of rotatable bonds is 3. The van der Waals surface area contributed by atoms with Gasteiger partial charge in [-0.1, -0.05) is 148 Å². The minimum absolute atomic E-state index is 0.00981. The third-order valence-electron chi connectivity index (χ3n) is 15.6. The lowest BCUT2D eigenvalue weighted by atomic mass is 9.57. The van der Waals surface area contributed by atoms with Crippen LogP contribution in [0.5, 0.6) is 0 Å². The maximum Gasteiger partial charge on any atom is 0.198 e. The highest BCUT2D eigenvalue weighted by atomic mass is 32.1. The Kier molecular flexibility index (Phi) is 8.64. The Morgan fingerprint density at radius 3 is 1.85 bits per heavy atom. The minimum Gasteiger partial charge on any atom is -0.355 e. The van der Waals surface area contributed by atoms with E-state index in [4.69, 9.17) is 0 Å². The second kappa shape index (κ2) is 14.0. The molecule has 334 valence electrons. The summed E-state index contributed by atoms with van der Waals surface area (Å²) in [6.07, 6.45) is 0. The van der Waals surface area contributed by atoms with Crippen LogP contribution in [-0.2, 0) is 21.7 Å². The van der Waals surface area contributed by atoms with Crippen molar-refractivity contribution in [2.45, 2.75) is 97.8 Å². The molecule has 2 aliphatic rings. The van der Waals surface area contributed by atoms with Gasteiger partial charge in [0.15, 0.2) is 7.28 Å². The van der Waals surface area contributed by atoms with Crippen molar-refractivity contribution in [1.82, 2.24) is 4.57 Å². The molecular weight excluding hydrogens is 860 g/mol. The van der Waals surface area contributed by atoms with E-state index in [0.717, 1.165) is 18.7 Å². The van der Waals surface area contributed by atoms with E-state index in [1.54, 1.807) is 0 Å². The van der Waals surface area contributed by atoms with Gasteiger partial charge in [-0.2, -0.15) is 0 Å². The summed E-state index contributed by atoms with van der Waals surface area (Å²) in [5, 5.41) is 12.2. The molecule has 0 fully saturated rings. The average Bonchev–Trinajstić information content (AvgIpc) is 4.01. The Hall–Kier alpha value is -6.14. The molecule has 1 aliphatic heterocycles. The molecular formula is C63H57BN2S2. The number of nitrogens with one attached hydrogen (secondary N) is 1. The second-order valence-electron chi connectivity index (χ2n) is 23.5. The molecule has 13 rings (SSSR count). The molecule has 0 spiro atoms. The normalized spacial score (nSPS) is 14.3. The van der Waals surface area contributed by atoms with E-state index in [9.17, 15) is 0 Å². The van der Waals surface area contributed by atoms with Gasteiger partial charge in [0.2, 0.25) is 0 Å². The maximum atomic E-state index is 4.10. The fourth-order valence-electron chi connectivity index (χ4n) is 12.0. The quantitative estimate of drug-likeness (QED) is 0.175. The molecule has 5 heteroatoms. The molecule has 1 N–H and O–H groups in total. The molecule has 68 heavy (non-hydrogen) atoms. The zero-order valence-electron chi connectivity index (χ0n) is 41.2. The van der Waals surface area contributed by atoms with Gasteiger partial charge in [0.05, 0.1) is 5.52 Å². The van der Waals surface area contributed by atoms with Crippen LogP contribution in [0.25, 0.3) is 90.1 Å². The van der Waals surface area contributed by atoms with Crippen LogP contribution in [0.15, 0.2) is 133 Å². The number of anilines is 2. The van der Waals surface area contributed by atoms with Gasteiger partial charge in [0, 0.05) is 84.7 Å². The van der Waals surface area contributed by atoms with E-state index in [0.29, 0.717) is 0 Å². The molecule has 0 bridgehead atoms. The third-order valence-corrected chi connectivity index (χ3v) is 17.9. The van der Waals surface area contributed by atoms with Crippen molar-refractivity contribution in [3.05, 3.63) is 161 Å². The predicted octanol–water partition coefficient (Wildman–Crippen LogP) is 16.8. The predicted molar refractivity (Wildman–Crippen MR) is 302 cm³/mol. The van der Waals surface area contributed by atoms with Crippen LogP contribution in [0.3, 0.4) is 0 Å². The monoisotopic (exact) mass is 916 g/mol. The van der Waals surface area contributed by atoms with Crippen LogP contribution in [0.2, 0.25) is 0 Å². The molecule has 0 radical (unpaired) electrons. The summed E-state index contributed by atoms with van der Waals surface area (Å²) in [6.45, 7) is 25.9. The van der Waals surface area contributed by atoms with Crippen molar-refractivity contribution in [3.63, 3.8) is 0 Å². The van der Waals surface area contributed by atoms with Crippen molar-refractivity contribution in [1.29, 1.82) is 0 Å². The van der Waals surface area contributed by atoms with Crippen molar-refractivity contribution in [3.8, 4) is 27.9 Å². The summed E-state index contributed by atoms with van der Waals surface area (Å²) >= 11 is 3.84. The van der Waals surface area contributed by atoms with Crippen LogP contribution < -0.4 is 16.2 Å². The number of thiophene rings is 2. The molecule has 8 aromatic carbocycles. The van der Waals surface area contributed by atoms with Gasteiger partial charge in [0.1, 0.15) is 0 Å². The van der Waals surface area contributed by atoms with Crippen LogP contribution in [0.1, 0.15) is 104 Å². The fourth-order valence-corrected chi connectivity index (χ4v) is 14.2.